The van der Waals surface area contributed by atoms with Crippen molar-refractivity contribution in [3.63, 3.8) is 0 Å². The van der Waals surface area contributed by atoms with E-state index in [2.05, 4.69) is 16.7 Å². The van der Waals surface area contributed by atoms with E-state index in [9.17, 15) is 9.18 Å². The third kappa shape index (κ3) is 4.47. The average molecular weight is 333 g/mol. The summed E-state index contributed by atoms with van der Waals surface area (Å²) in [4.78, 5) is 19.1. The molecule has 2 aliphatic rings. The maximum atomic E-state index is 13.0. The summed E-state index contributed by atoms with van der Waals surface area (Å²) in [6, 6.07) is 6.71. The number of halogens is 1. The van der Waals surface area contributed by atoms with Crippen molar-refractivity contribution < 1.29 is 9.18 Å². The van der Waals surface area contributed by atoms with Crippen LogP contribution in [0.25, 0.3) is 0 Å². The molecule has 1 amide bonds. The molecule has 0 radical (unpaired) electrons. The smallest absolute Gasteiger partial charge is 0.223 e. The maximum absolute atomic E-state index is 13.0. The van der Waals surface area contributed by atoms with Crippen LogP contribution < -0.4 is 4.90 Å². The third-order valence-electron chi connectivity index (χ3n) is 5.22. The van der Waals surface area contributed by atoms with E-state index in [4.69, 9.17) is 0 Å². The van der Waals surface area contributed by atoms with Crippen molar-refractivity contribution in [2.75, 3.05) is 50.7 Å². The molecule has 3 rings (SSSR count). The fraction of sp³-hybridized carbons (Fsp3) is 0.632. The van der Waals surface area contributed by atoms with Gasteiger partial charge in [-0.25, -0.2) is 4.39 Å². The molecule has 1 aromatic carbocycles. The number of piperazine rings is 1. The number of carbonyl (C=O) groups is 1. The van der Waals surface area contributed by atoms with Crippen molar-refractivity contribution in [2.45, 2.75) is 26.2 Å². The SMILES string of the molecule is CC1CCCN(C(=O)CCN2CCN(c3ccc(F)cc3)CC2)C1. The fourth-order valence-electron chi connectivity index (χ4n) is 3.71. The Morgan fingerprint density at radius 2 is 1.83 bits per heavy atom. The normalized spacial score (nSPS) is 22.7. The summed E-state index contributed by atoms with van der Waals surface area (Å²) in [5.74, 6) is 0.757. The summed E-state index contributed by atoms with van der Waals surface area (Å²) >= 11 is 0. The highest BCUT2D eigenvalue weighted by molar-refractivity contribution is 5.76. The molecule has 1 aromatic rings. The van der Waals surface area contributed by atoms with E-state index in [1.807, 2.05) is 17.0 Å². The molecule has 2 saturated heterocycles. The number of anilines is 1. The lowest BCUT2D eigenvalue weighted by Gasteiger charge is -2.36. The summed E-state index contributed by atoms with van der Waals surface area (Å²) in [6.07, 6.45) is 3.02. The highest BCUT2D eigenvalue weighted by Crippen LogP contribution is 2.18. The Balaban J connectivity index is 1.40. The monoisotopic (exact) mass is 333 g/mol. The van der Waals surface area contributed by atoms with Gasteiger partial charge in [0.2, 0.25) is 5.91 Å². The minimum Gasteiger partial charge on any atom is -0.369 e. The molecule has 1 atom stereocenters. The number of carbonyl (C=O) groups excluding carboxylic acids is 1. The Morgan fingerprint density at radius 1 is 1.12 bits per heavy atom. The van der Waals surface area contributed by atoms with Gasteiger partial charge in [0.1, 0.15) is 5.82 Å². The van der Waals surface area contributed by atoms with E-state index in [0.29, 0.717) is 18.2 Å². The van der Waals surface area contributed by atoms with E-state index < -0.39 is 0 Å². The molecule has 0 N–H and O–H groups in total. The Kier molecular flexibility index (Phi) is 5.72. The van der Waals surface area contributed by atoms with Crippen LogP contribution >= 0.6 is 0 Å². The van der Waals surface area contributed by atoms with Crippen LogP contribution in [0.4, 0.5) is 10.1 Å². The molecule has 5 heteroatoms. The quantitative estimate of drug-likeness (QED) is 0.847. The summed E-state index contributed by atoms with van der Waals surface area (Å²) in [6.45, 7) is 8.72. The van der Waals surface area contributed by atoms with Crippen LogP contribution in [0.5, 0.6) is 0 Å². The topological polar surface area (TPSA) is 26.8 Å². The number of likely N-dealkylation sites (tertiary alicyclic amines) is 1. The molecule has 132 valence electrons. The molecule has 0 aliphatic carbocycles. The molecule has 1 unspecified atom stereocenters. The summed E-state index contributed by atoms with van der Waals surface area (Å²) in [5, 5.41) is 0. The predicted octanol–water partition coefficient (Wildman–Crippen LogP) is 2.60. The first-order valence-corrected chi connectivity index (χ1v) is 9.12. The summed E-state index contributed by atoms with van der Waals surface area (Å²) in [7, 11) is 0. The van der Waals surface area contributed by atoms with Crippen LogP contribution in [0.15, 0.2) is 24.3 Å². The van der Waals surface area contributed by atoms with Gasteiger partial charge in [-0.1, -0.05) is 6.92 Å². The highest BCUT2D eigenvalue weighted by Gasteiger charge is 2.22. The van der Waals surface area contributed by atoms with E-state index in [1.54, 1.807) is 0 Å². The van der Waals surface area contributed by atoms with Gasteiger partial charge in [-0.3, -0.25) is 9.69 Å². The van der Waals surface area contributed by atoms with E-state index in [0.717, 1.165) is 57.9 Å². The van der Waals surface area contributed by atoms with Gasteiger partial charge in [0, 0.05) is 57.9 Å². The molecular formula is C19H28FN3O. The van der Waals surface area contributed by atoms with Gasteiger partial charge in [0.25, 0.3) is 0 Å². The zero-order valence-corrected chi connectivity index (χ0v) is 14.6. The molecule has 2 heterocycles. The van der Waals surface area contributed by atoms with Crippen LogP contribution in [-0.2, 0) is 4.79 Å². The van der Waals surface area contributed by atoms with Gasteiger partial charge < -0.3 is 9.80 Å². The van der Waals surface area contributed by atoms with Crippen molar-refractivity contribution in [1.29, 1.82) is 0 Å². The van der Waals surface area contributed by atoms with Crippen LogP contribution in [0, 0.1) is 11.7 Å². The standard InChI is InChI=1S/C19H28FN3O/c1-16-3-2-9-23(15-16)19(24)8-10-21-11-13-22(14-12-21)18-6-4-17(20)5-7-18/h4-7,16H,2-3,8-15H2,1H3. The lowest BCUT2D eigenvalue weighted by atomic mass is 10.00. The molecule has 0 saturated carbocycles. The Morgan fingerprint density at radius 3 is 2.50 bits per heavy atom. The second-order valence-corrected chi connectivity index (χ2v) is 7.14. The molecule has 2 fully saturated rings. The van der Waals surface area contributed by atoms with Gasteiger partial charge in [0.15, 0.2) is 0 Å². The Bertz CT molecular complexity index is 540. The van der Waals surface area contributed by atoms with E-state index in [1.165, 1.54) is 18.6 Å². The second-order valence-electron chi connectivity index (χ2n) is 7.14. The van der Waals surface area contributed by atoms with Gasteiger partial charge in [-0.05, 0) is 43.0 Å². The van der Waals surface area contributed by atoms with Crippen molar-refractivity contribution in [3.05, 3.63) is 30.1 Å². The first kappa shape index (κ1) is 17.2. The molecule has 0 aromatic heterocycles. The van der Waals surface area contributed by atoms with Crippen LogP contribution in [-0.4, -0.2) is 61.5 Å². The maximum Gasteiger partial charge on any atom is 0.223 e. The molecular weight excluding hydrogens is 305 g/mol. The third-order valence-corrected chi connectivity index (χ3v) is 5.22. The van der Waals surface area contributed by atoms with Gasteiger partial charge in [-0.15, -0.1) is 0 Å². The van der Waals surface area contributed by atoms with Gasteiger partial charge >= 0.3 is 0 Å². The Labute approximate surface area is 144 Å². The Hall–Kier alpha value is -1.62. The molecule has 4 nitrogen and oxygen atoms in total. The molecule has 0 spiro atoms. The number of amides is 1. The summed E-state index contributed by atoms with van der Waals surface area (Å²) in [5.41, 5.74) is 1.08. The first-order chi connectivity index (χ1) is 11.6. The lowest BCUT2D eigenvalue weighted by Crippen LogP contribution is -2.48. The van der Waals surface area contributed by atoms with Crippen molar-refractivity contribution in [3.8, 4) is 0 Å². The number of nitrogens with zero attached hydrogens (tertiary/aromatic N) is 3. The fourth-order valence-corrected chi connectivity index (χ4v) is 3.71. The van der Waals surface area contributed by atoms with Crippen LogP contribution in [0.1, 0.15) is 26.2 Å². The molecule has 24 heavy (non-hydrogen) atoms. The minimum atomic E-state index is -0.192. The van der Waals surface area contributed by atoms with Gasteiger partial charge in [-0.2, -0.15) is 0 Å². The molecule has 2 aliphatic heterocycles. The van der Waals surface area contributed by atoms with Crippen molar-refractivity contribution in [2.24, 2.45) is 5.92 Å². The zero-order valence-electron chi connectivity index (χ0n) is 14.6. The average Bonchev–Trinajstić information content (AvgIpc) is 2.61. The van der Waals surface area contributed by atoms with Gasteiger partial charge in [0.05, 0.1) is 0 Å². The minimum absolute atomic E-state index is 0.192. The van der Waals surface area contributed by atoms with E-state index in [-0.39, 0.29) is 5.82 Å². The number of rotatable bonds is 4. The zero-order chi connectivity index (χ0) is 16.9. The molecule has 0 bridgehead atoms. The number of hydrogen-bond donors (Lipinski definition) is 0. The highest BCUT2D eigenvalue weighted by atomic mass is 19.1. The number of piperidine rings is 1. The lowest BCUT2D eigenvalue weighted by molar-refractivity contribution is -0.133. The largest absolute Gasteiger partial charge is 0.369 e. The second kappa shape index (κ2) is 7.97. The van der Waals surface area contributed by atoms with Crippen LogP contribution in [0.2, 0.25) is 0 Å². The number of benzene rings is 1. The summed E-state index contributed by atoms with van der Waals surface area (Å²) < 4.78 is 13.0. The number of hydrogen-bond acceptors (Lipinski definition) is 3. The first-order valence-electron chi connectivity index (χ1n) is 9.12. The van der Waals surface area contributed by atoms with Crippen molar-refractivity contribution >= 4 is 11.6 Å². The predicted molar refractivity (Wildman–Crippen MR) is 94.6 cm³/mol. The van der Waals surface area contributed by atoms with E-state index >= 15 is 0 Å². The van der Waals surface area contributed by atoms with Crippen LogP contribution in [0.3, 0.4) is 0 Å². The van der Waals surface area contributed by atoms with Crippen molar-refractivity contribution in [1.82, 2.24) is 9.80 Å².